The van der Waals surface area contributed by atoms with E-state index in [0.717, 1.165) is 18.4 Å². The molecule has 2 unspecified atom stereocenters. The van der Waals surface area contributed by atoms with Gasteiger partial charge in [0, 0.05) is 18.1 Å². The highest BCUT2D eigenvalue weighted by Gasteiger charge is 2.33. The van der Waals surface area contributed by atoms with E-state index in [0.29, 0.717) is 24.5 Å². The average Bonchev–Trinajstić information content (AvgIpc) is 2.86. The molecule has 2 N–H and O–H groups in total. The first-order valence-corrected chi connectivity index (χ1v) is 8.30. The van der Waals surface area contributed by atoms with Crippen molar-refractivity contribution in [2.75, 3.05) is 0 Å². The second kappa shape index (κ2) is 6.90. The molecule has 23 heavy (non-hydrogen) atoms. The Morgan fingerprint density at radius 1 is 1.04 bits per heavy atom. The van der Waals surface area contributed by atoms with Gasteiger partial charge in [0.15, 0.2) is 0 Å². The number of nitrogens with one attached hydrogen (secondary N) is 2. The van der Waals surface area contributed by atoms with Gasteiger partial charge < -0.3 is 10.6 Å². The highest BCUT2D eigenvalue weighted by Crippen LogP contribution is 2.27. The van der Waals surface area contributed by atoms with Crippen LogP contribution in [0.4, 0.5) is 0 Å². The van der Waals surface area contributed by atoms with Crippen LogP contribution in [0.15, 0.2) is 42.5 Å². The Labute approximate surface area is 143 Å². The number of amides is 1. The summed E-state index contributed by atoms with van der Waals surface area (Å²) >= 11 is 0. The zero-order valence-corrected chi connectivity index (χ0v) is 13.9. The van der Waals surface area contributed by atoms with Crippen molar-refractivity contribution >= 4 is 29.1 Å². The van der Waals surface area contributed by atoms with Crippen molar-refractivity contribution < 1.29 is 4.79 Å². The van der Waals surface area contributed by atoms with Crippen molar-refractivity contribution in [3.8, 4) is 0 Å². The largest absolute Gasteiger partial charge is 0.353 e. The second-order valence-electron chi connectivity index (χ2n) is 6.69. The molecule has 0 radical (unpaired) electrons. The molecule has 2 aromatic rings. The van der Waals surface area contributed by atoms with Crippen molar-refractivity contribution in [3.05, 3.63) is 48.0 Å². The van der Waals surface area contributed by atoms with Crippen molar-refractivity contribution in [1.82, 2.24) is 10.6 Å². The maximum absolute atomic E-state index is 12.4. The summed E-state index contributed by atoms with van der Waals surface area (Å²) < 4.78 is 0. The SMILES string of the molecule is Cl.O=C(Cc1cccc2ccccc12)NC1CC2CCC(C1)N2. The minimum atomic E-state index is 0. The summed E-state index contributed by atoms with van der Waals surface area (Å²) in [5, 5.41) is 9.26. The molecule has 122 valence electrons. The Morgan fingerprint density at radius 2 is 1.74 bits per heavy atom. The molecular weight excluding hydrogens is 308 g/mol. The van der Waals surface area contributed by atoms with Gasteiger partial charge in [0.1, 0.15) is 0 Å². The van der Waals surface area contributed by atoms with Crippen LogP contribution in [0.25, 0.3) is 10.8 Å². The van der Waals surface area contributed by atoms with Crippen LogP contribution in [0.3, 0.4) is 0 Å². The molecule has 3 nitrogen and oxygen atoms in total. The van der Waals surface area contributed by atoms with Gasteiger partial charge in [-0.2, -0.15) is 0 Å². The molecule has 2 aromatic carbocycles. The summed E-state index contributed by atoms with van der Waals surface area (Å²) in [5.74, 6) is 0.155. The molecule has 4 rings (SSSR count). The van der Waals surface area contributed by atoms with Gasteiger partial charge in [0.25, 0.3) is 0 Å². The van der Waals surface area contributed by atoms with E-state index in [4.69, 9.17) is 0 Å². The lowest BCUT2D eigenvalue weighted by Gasteiger charge is -2.29. The Morgan fingerprint density at radius 3 is 2.52 bits per heavy atom. The smallest absolute Gasteiger partial charge is 0.224 e. The molecule has 2 bridgehead atoms. The van der Waals surface area contributed by atoms with Crippen molar-refractivity contribution in [2.24, 2.45) is 0 Å². The number of hydrogen-bond acceptors (Lipinski definition) is 2. The summed E-state index contributed by atoms with van der Waals surface area (Å²) in [7, 11) is 0. The predicted molar refractivity (Wildman–Crippen MR) is 96.0 cm³/mol. The number of hydrogen-bond donors (Lipinski definition) is 2. The molecule has 2 aliphatic heterocycles. The first-order valence-electron chi connectivity index (χ1n) is 8.30. The fraction of sp³-hybridized carbons (Fsp3) is 0.421. The molecule has 2 heterocycles. The molecule has 1 amide bonds. The zero-order chi connectivity index (χ0) is 14.9. The number of benzene rings is 2. The van der Waals surface area contributed by atoms with Gasteiger partial charge in [-0.1, -0.05) is 42.5 Å². The lowest BCUT2D eigenvalue weighted by atomic mass is 9.98. The number of halogens is 1. The number of piperidine rings is 1. The van der Waals surface area contributed by atoms with E-state index in [1.165, 1.54) is 23.6 Å². The second-order valence-corrected chi connectivity index (χ2v) is 6.69. The molecule has 2 atom stereocenters. The van der Waals surface area contributed by atoms with Gasteiger partial charge in [0.2, 0.25) is 5.91 Å². The normalized spacial score (nSPS) is 25.8. The average molecular weight is 331 g/mol. The highest BCUT2D eigenvalue weighted by atomic mass is 35.5. The van der Waals surface area contributed by atoms with E-state index in [9.17, 15) is 4.79 Å². The van der Waals surface area contributed by atoms with Gasteiger partial charge in [-0.15, -0.1) is 12.4 Å². The molecule has 2 aliphatic rings. The van der Waals surface area contributed by atoms with Crippen LogP contribution in [0.2, 0.25) is 0 Å². The lowest BCUT2D eigenvalue weighted by molar-refractivity contribution is -0.121. The Bertz CT molecular complexity index is 685. The van der Waals surface area contributed by atoms with Crippen LogP contribution in [-0.2, 0) is 11.2 Å². The number of rotatable bonds is 3. The Hall–Kier alpha value is -1.58. The van der Waals surface area contributed by atoms with Gasteiger partial charge in [-0.3, -0.25) is 4.79 Å². The first kappa shape index (κ1) is 16.3. The predicted octanol–water partition coefficient (Wildman–Crippen LogP) is 3.20. The highest BCUT2D eigenvalue weighted by molar-refractivity contribution is 5.90. The van der Waals surface area contributed by atoms with Gasteiger partial charge in [0.05, 0.1) is 6.42 Å². The maximum Gasteiger partial charge on any atom is 0.224 e. The third-order valence-electron chi connectivity index (χ3n) is 5.07. The van der Waals surface area contributed by atoms with Gasteiger partial charge in [-0.25, -0.2) is 0 Å². The monoisotopic (exact) mass is 330 g/mol. The Kier molecular flexibility index (Phi) is 4.88. The third kappa shape index (κ3) is 3.51. The minimum Gasteiger partial charge on any atom is -0.353 e. The molecule has 0 aromatic heterocycles. The van der Waals surface area contributed by atoms with Crippen LogP contribution in [0.5, 0.6) is 0 Å². The third-order valence-corrected chi connectivity index (χ3v) is 5.07. The maximum atomic E-state index is 12.4. The van der Waals surface area contributed by atoms with Crippen LogP contribution in [-0.4, -0.2) is 24.0 Å². The van der Waals surface area contributed by atoms with Crippen LogP contribution < -0.4 is 10.6 Å². The topological polar surface area (TPSA) is 41.1 Å². The van der Waals surface area contributed by atoms with E-state index in [-0.39, 0.29) is 18.3 Å². The fourth-order valence-electron chi connectivity index (χ4n) is 4.07. The molecule has 0 aliphatic carbocycles. The number of carbonyl (C=O) groups is 1. The first-order chi connectivity index (χ1) is 10.8. The van der Waals surface area contributed by atoms with Gasteiger partial charge in [-0.05, 0) is 42.0 Å². The van der Waals surface area contributed by atoms with Crippen molar-refractivity contribution in [2.45, 2.75) is 50.2 Å². The summed E-state index contributed by atoms with van der Waals surface area (Å²) in [6, 6.07) is 16.0. The summed E-state index contributed by atoms with van der Waals surface area (Å²) in [6.45, 7) is 0. The van der Waals surface area contributed by atoms with E-state index < -0.39 is 0 Å². The minimum absolute atomic E-state index is 0. The quantitative estimate of drug-likeness (QED) is 0.907. The summed E-state index contributed by atoms with van der Waals surface area (Å²) in [6.07, 6.45) is 5.16. The van der Waals surface area contributed by atoms with Crippen molar-refractivity contribution in [3.63, 3.8) is 0 Å². The van der Waals surface area contributed by atoms with Crippen LogP contribution in [0, 0.1) is 0 Å². The molecule has 0 spiro atoms. The fourth-order valence-corrected chi connectivity index (χ4v) is 4.07. The summed E-state index contributed by atoms with van der Waals surface area (Å²) in [5.41, 5.74) is 1.12. The number of carbonyl (C=O) groups excluding carboxylic acids is 1. The van der Waals surface area contributed by atoms with E-state index in [2.05, 4.69) is 34.9 Å². The lowest BCUT2D eigenvalue weighted by Crippen LogP contribution is -2.48. The summed E-state index contributed by atoms with van der Waals surface area (Å²) in [4.78, 5) is 12.4. The molecule has 2 fully saturated rings. The molecule has 0 saturated carbocycles. The molecular formula is C19H23ClN2O. The van der Waals surface area contributed by atoms with E-state index in [1.54, 1.807) is 0 Å². The molecule has 2 saturated heterocycles. The number of fused-ring (bicyclic) bond motifs is 3. The Balaban J connectivity index is 0.00000156. The van der Waals surface area contributed by atoms with Crippen LogP contribution >= 0.6 is 12.4 Å². The van der Waals surface area contributed by atoms with Crippen molar-refractivity contribution in [1.29, 1.82) is 0 Å². The standard InChI is InChI=1S/C19H22N2O.ClH/c22-19(21-17-11-15-8-9-16(12-17)20-15)10-14-6-3-5-13-4-1-2-7-18(13)14;/h1-7,15-17,20H,8-12H2,(H,21,22);1H. The van der Waals surface area contributed by atoms with E-state index in [1.807, 2.05) is 18.2 Å². The molecule has 4 heteroatoms. The zero-order valence-electron chi connectivity index (χ0n) is 13.1. The van der Waals surface area contributed by atoms with E-state index >= 15 is 0 Å². The van der Waals surface area contributed by atoms with Crippen LogP contribution in [0.1, 0.15) is 31.2 Å². The van der Waals surface area contributed by atoms with Gasteiger partial charge >= 0.3 is 0 Å².